The molecule has 1 aromatic heterocycles. The molecule has 1 N–H and O–H groups in total. The average Bonchev–Trinajstić information content (AvgIpc) is 3.18. The molecule has 1 unspecified atom stereocenters. The third-order valence-corrected chi connectivity index (χ3v) is 5.12. The van der Waals surface area contributed by atoms with Gasteiger partial charge < -0.3 is 5.32 Å². The Balaban J connectivity index is 1.57. The molecule has 1 fully saturated rings. The lowest BCUT2D eigenvalue weighted by Crippen LogP contribution is -2.28. The zero-order valence-corrected chi connectivity index (χ0v) is 13.4. The molecule has 0 radical (unpaired) electrons. The van der Waals surface area contributed by atoms with Crippen LogP contribution in [-0.4, -0.2) is 22.9 Å². The van der Waals surface area contributed by atoms with E-state index in [1.165, 1.54) is 63.5 Å². The predicted molar refractivity (Wildman–Crippen MR) is 87.5 cm³/mol. The maximum absolute atomic E-state index is 4.83. The normalized spacial score (nSPS) is 21.5. The number of likely N-dealkylation sites (N-methyl/N-ethyl adjacent to an activating group) is 1. The number of rotatable bonds is 6. The van der Waals surface area contributed by atoms with Gasteiger partial charge in [-0.2, -0.15) is 5.10 Å². The highest BCUT2D eigenvalue weighted by atomic mass is 15.3. The summed E-state index contributed by atoms with van der Waals surface area (Å²) >= 11 is 0. The zero-order valence-electron chi connectivity index (χ0n) is 13.4. The van der Waals surface area contributed by atoms with Gasteiger partial charge in [0.2, 0.25) is 0 Å². The number of nitrogens with zero attached hydrogens (tertiary/aromatic N) is 2. The molecule has 0 spiro atoms. The average molecular weight is 287 g/mol. The molecular formula is C18H29N3. The quantitative estimate of drug-likeness (QED) is 0.801. The van der Waals surface area contributed by atoms with Crippen LogP contribution in [0, 0.1) is 0 Å². The molecule has 2 aliphatic rings. The van der Waals surface area contributed by atoms with E-state index in [1.54, 1.807) is 5.57 Å². The van der Waals surface area contributed by atoms with Crippen molar-refractivity contribution in [3.8, 4) is 0 Å². The minimum Gasteiger partial charge on any atom is -0.316 e. The smallest absolute Gasteiger partial charge is 0.0640 e. The van der Waals surface area contributed by atoms with Gasteiger partial charge in [0, 0.05) is 18.7 Å². The van der Waals surface area contributed by atoms with Crippen LogP contribution in [0.25, 0.3) is 0 Å². The monoisotopic (exact) mass is 287 g/mol. The first-order valence-electron chi connectivity index (χ1n) is 8.74. The maximum Gasteiger partial charge on any atom is 0.0640 e. The first-order valence-corrected chi connectivity index (χ1v) is 8.74. The van der Waals surface area contributed by atoms with Crippen LogP contribution in [0.4, 0.5) is 0 Å². The summed E-state index contributed by atoms with van der Waals surface area (Å²) in [5.74, 6) is 0. The molecule has 0 aliphatic heterocycles. The van der Waals surface area contributed by atoms with Gasteiger partial charge in [-0.05, 0) is 58.1 Å². The molecular weight excluding hydrogens is 258 g/mol. The molecule has 0 amide bonds. The summed E-state index contributed by atoms with van der Waals surface area (Å²) in [6.07, 6.45) is 17.6. The number of aromatic nitrogens is 2. The number of hydrogen-bond acceptors (Lipinski definition) is 2. The topological polar surface area (TPSA) is 29.9 Å². The summed E-state index contributed by atoms with van der Waals surface area (Å²) in [5.41, 5.74) is 2.90. The summed E-state index contributed by atoms with van der Waals surface area (Å²) in [6, 6.07) is 3.41. The molecule has 0 aromatic carbocycles. The Bertz CT molecular complexity index is 469. The maximum atomic E-state index is 4.83. The van der Waals surface area contributed by atoms with Crippen LogP contribution in [0.1, 0.15) is 69.5 Å². The fourth-order valence-corrected chi connectivity index (χ4v) is 3.79. The van der Waals surface area contributed by atoms with E-state index in [1.807, 2.05) is 0 Å². The molecule has 3 rings (SSSR count). The van der Waals surface area contributed by atoms with Gasteiger partial charge in [-0.25, -0.2) is 0 Å². The van der Waals surface area contributed by atoms with Gasteiger partial charge in [-0.1, -0.05) is 24.5 Å². The fraction of sp³-hybridized carbons (Fsp3) is 0.722. The molecule has 3 nitrogen and oxygen atoms in total. The predicted octanol–water partition coefficient (Wildman–Crippen LogP) is 4.02. The SMILES string of the molecule is CNC(CC1=CCCCC1)Cc1ccn(C2CCCC2)n1. The van der Waals surface area contributed by atoms with Crippen LogP contribution in [0.15, 0.2) is 23.9 Å². The highest BCUT2D eigenvalue weighted by Crippen LogP contribution is 2.29. The molecule has 0 saturated heterocycles. The van der Waals surface area contributed by atoms with Crippen molar-refractivity contribution in [1.82, 2.24) is 15.1 Å². The van der Waals surface area contributed by atoms with Crippen molar-refractivity contribution in [3.63, 3.8) is 0 Å². The Hall–Kier alpha value is -1.09. The molecule has 1 atom stereocenters. The Labute approximate surface area is 128 Å². The van der Waals surface area contributed by atoms with Gasteiger partial charge in [0.05, 0.1) is 11.7 Å². The van der Waals surface area contributed by atoms with Crippen molar-refractivity contribution in [3.05, 3.63) is 29.6 Å². The summed E-state index contributed by atoms with van der Waals surface area (Å²) < 4.78 is 2.22. The van der Waals surface area contributed by atoms with Crippen molar-refractivity contribution in [2.75, 3.05) is 7.05 Å². The molecule has 3 heteroatoms. The van der Waals surface area contributed by atoms with E-state index in [-0.39, 0.29) is 0 Å². The second-order valence-electron chi connectivity index (χ2n) is 6.73. The van der Waals surface area contributed by atoms with Gasteiger partial charge in [0.25, 0.3) is 0 Å². The minimum absolute atomic E-state index is 0.529. The second-order valence-corrected chi connectivity index (χ2v) is 6.73. The van der Waals surface area contributed by atoms with E-state index in [9.17, 15) is 0 Å². The molecule has 2 aliphatic carbocycles. The zero-order chi connectivity index (χ0) is 14.5. The summed E-state index contributed by atoms with van der Waals surface area (Å²) in [5, 5.41) is 8.32. The third-order valence-electron chi connectivity index (χ3n) is 5.12. The van der Waals surface area contributed by atoms with E-state index >= 15 is 0 Å². The lowest BCUT2D eigenvalue weighted by molar-refractivity contribution is 0.456. The van der Waals surface area contributed by atoms with E-state index in [0.29, 0.717) is 12.1 Å². The van der Waals surface area contributed by atoms with E-state index in [2.05, 4.69) is 35.4 Å². The van der Waals surface area contributed by atoms with E-state index in [4.69, 9.17) is 5.10 Å². The Morgan fingerprint density at radius 1 is 1.24 bits per heavy atom. The Morgan fingerprint density at radius 3 is 2.81 bits per heavy atom. The van der Waals surface area contributed by atoms with Crippen LogP contribution in [0.2, 0.25) is 0 Å². The lowest BCUT2D eigenvalue weighted by Gasteiger charge is -2.19. The van der Waals surface area contributed by atoms with E-state index < -0.39 is 0 Å². The fourth-order valence-electron chi connectivity index (χ4n) is 3.79. The van der Waals surface area contributed by atoms with Crippen molar-refractivity contribution in [2.45, 2.75) is 76.3 Å². The van der Waals surface area contributed by atoms with Crippen molar-refractivity contribution in [2.24, 2.45) is 0 Å². The summed E-state index contributed by atoms with van der Waals surface area (Å²) in [6.45, 7) is 0. The first kappa shape index (κ1) is 14.8. The first-order chi connectivity index (χ1) is 10.3. The summed E-state index contributed by atoms with van der Waals surface area (Å²) in [7, 11) is 2.09. The van der Waals surface area contributed by atoms with Crippen LogP contribution in [0.3, 0.4) is 0 Å². The molecule has 1 saturated carbocycles. The lowest BCUT2D eigenvalue weighted by atomic mass is 9.93. The van der Waals surface area contributed by atoms with Crippen molar-refractivity contribution in [1.29, 1.82) is 0 Å². The van der Waals surface area contributed by atoms with Gasteiger partial charge in [-0.15, -0.1) is 0 Å². The standard InChI is InChI=1S/C18H29N3/c1-19-17(13-15-7-3-2-4-8-15)14-16-11-12-21(20-16)18-9-5-6-10-18/h7,11-12,17-19H,2-6,8-10,13-14H2,1H3. The van der Waals surface area contributed by atoms with Crippen LogP contribution in [0.5, 0.6) is 0 Å². The van der Waals surface area contributed by atoms with Crippen LogP contribution < -0.4 is 5.32 Å². The van der Waals surface area contributed by atoms with Crippen molar-refractivity contribution >= 4 is 0 Å². The minimum atomic E-state index is 0.529. The Kier molecular flexibility index (Phi) is 5.13. The van der Waals surface area contributed by atoms with Gasteiger partial charge >= 0.3 is 0 Å². The van der Waals surface area contributed by atoms with E-state index in [0.717, 1.165) is 6.42 Å². The Morgan fingerprint density at radius 2 is 2.10 bits per heavy atom. The highest BCUT2D eigenvalue weighted by molar-refractivity contribution is 5.10. The van der Waals surface area contributed by atoms with Crippen LogP contribution in [-0.2, 0) is 6.42 Å². The largest absolute Gasteiger partial charge is 0.316 e. The molecule has 0 bridgehead atoms. The van der Waals surface area contributed by atoms with Gasteiger partial charge in [0.15, 0.2) is 0 Å². The molecule has 21 heavy (non-hydrogen) atoms. The summed E-state index contributed by atoms with van der Waals surface area (Å²) in [4.78, 5) is 0. The molecule has 1 aromatic rings. The van der Waals surface area contributed by atoms with Crippen molar-refractivity contribution < 1.29 is 0 Å². The highest BCUT2D eigenvalue weighted by Gasteiger charge is 2.18. The number of allylic oxidation sites excluding steroid dienone is 1. The molecule has 1 heterocycles. The van der Waals surface area contributed by atoms with Crippen LogP contribution >= 0.6 is 0 Å². The second kappa shape index (κ2) is 7.26. The number of hydrogen-bond donors (Lipinski definition) is 1. The van der Waals surface area contributed by atoms with Gasteiger partial charge in [-0.3, -0.25) is 4.68 Å². The third kappa shape index (κ3) is 3.97. The number of nitrogens with one attached hydrogen (secondary N) is 1. The molecule has 116 valence electrons. The van der Waals surface area contributed by atoms with Gasteiger partial charge in [0.1, 0.15) is 0 Å².